The summed E-state index contributed by atoms with van der Waals surface area (Å²) in [5, 5.41) is 4.41. The normalized spacial score (nSPS) is 17.1. The molecule has 0 amide bonds. The van der Waals surface area contributed by atoms with E-state index < -0.39 is 33.6 Å². The second-order valence-corrected chi connectivity index (χ2v) is 8.91. The van der Waals surface area contributed by atoms with Gasteiger partial charge in [0.1, 0.15) is 12.5 Å². The van der Waals surface area contributed by atoms with Crippen LogP contribution in [-0.2, 0) is 34.2 Å². The molecule has 0 radical (unpaired) electrons. The van der Waals surface area contributed by atoms with Crippen molar-refractivity contribution in [1.29, 1.82) is 0 Å². The number of hydrogen-bond donors (Lipinski definition) is 0. The van der Waals surface area contributed by atoms with E-state index in [0.29, 0.717) is 16.8 Å². The van der Waals surface area contributed by atoms with E-state index in [1.807, 2.05) is 0 Å². The maximum Gasteiger partial charge on any atom is 0.416 e. The molecule has 0 saturated carbocycles. The highest BCUT2D eigenvalue weighted by Gasteiger charge is 2.42. The lowest BCUT2D eigenvalue weighted by Crippen LogP contribution is -2.31. The highest BCUT2D eigenvalue weighted by Crippen LogP contribution is 2.41. The third kappa shape index (κ3) is 3.95. The van der Waals surface area contributed by atoms with Gasteiger partial charge in [-0.15, -0.1) is 0 Å². The smallest absolute Gasteiger partial charge is 0.362 e. The van der Waals surface area contributed by atoms with Crippen LogP contribution in [0.15, 0.2) is 59.6 Å². The Bertz CT molecular complexity index is 1190. The number of ether oxygens (including phenoxy) is 1. The number of nitrogens with zero attached hydrogens (tertiary/aromatic N) is 3. The number of rotatable bonds is 5. The molecule has 0 bridgehead atoms. The predicted octanol–water partition coefficient (Wildman–Crippen LogP) is 3.94. The van der Waals surface area contributed by atoms with Crippen molar-refractivity contribution in [1.82, 2.24) is 14.1 Å². The summed E-state index contributed by atoms with van der Waals surface area (Å²) in [6.07, 6.45) is -2.93. The molecule has 1 unspecified atom stereocenters. The summed E-state index contributed by atoms with van der Waals surface area (Å²) in [7, 11) is -2.69. The monoisotopic (exact) mass is 455 g/mol. The summed E-state index contributed by atoms with van der Waals surface area (Å²) in [4.78, 5) is -0.275. The molecule has 0 fully saturated rings. The van der Waals surface area contributed by atoms with Gasteiger partial charge >= 0.3 is 6.18 Å². The molecule has 2 aromatic carbocycles. The Hall–Kier alpha value is -2.76. The summed E-state index contributed by atoms with van der Waals surface area (Å²) >= 11 is 0. The molecule has 1 aliphatic rings. The summed E-state index contributed by atoms with van der Waals surface area (Å²) in [5.74, 6) is -0.482. The number of alkyl halides is 3. The fourth-order valence-corrected chi connectivity index (χ4v) is 5.13. The van der Waals surface area contributed by atoms with E-state index in [4.69, 9.17) is 4.74 Å². The molecule has 0 N–H and O–H groups in total. The van der Waals surface area contributed by atoms with Crippen molar-refractivity contribution in [2.75, 3.05) is 7.11 Å². The summed E-state index contributed by atoms with van der Waals surface area (Å²) in [5.41, 5.74) is 0.626. The van der Waals surface area contributed by atoms with Gasteiger partial charge in [-0.1, -0.05) is 12.1 Å². The molecule has 0 aliphatic carbocycles. The molecular formula is C20H17F4N3O3S. The van der Waals surface area contributed by atoms with Crippen LogP contribution in [0.1, 0.15) is 28.4 Å². The van der Waals surface area contributed by atoms with Gasteiger partial charge in [0.15, 0.2) is 0 Å². The summed E-state index contributed by atoms with van der Waals surface area (Å²) < 4.78 is 86.4. The average Bonchev–Trinajstić information content (AvgIpc) is 3.26. The van der Waals surface area contributed by atoms with Crippen LogP contribution < -0.4 is 0 Å². The minimum absolute atomic E-state index is 0.0373. The number of fused-ring (bicyclic) bond motifs is 1. The Morgan fingerprint density at radius 1 is 1.10 bits per heavy atom. The Morgan fingerprint density at radius 2 is 1.74 bits per heavy atom. The van der Waals surface area contributed by atoms with Crippen molar-refractivity contribution < 1.29 is 30.7 Å². The summed E-state index contributed by atoms with van der Waals surface area (Å²) in [6, 6.07) is 7.80. The van der Waals surface area contributed by atoms with Crippen LogP contribution in [0.2, 0.25) is 0 Å². The quantitative estimate of drug-likeness (QED) is 0.547. The van der Waals surface area contributed by atoms with Gasteiger partial charge in [-0.2, -0.15) is 22.6 Å². The topological polar surface area (TPSA) is 64.4 Å². The predicted molar refractivity (Wildman–Crippen MR) is 102 cm³/mol. The zero-order chi connectivity index (χ0) is 22.4. The maximum absolute atomic E-state index is 13.4. The number of hydrogen-bond acceptors (Lipinski definition) is 4. The molecule has 1 atom stereocenters. The first-order valence-electron chi connectivity index (χ1n) is 9.11. The standard InChI is InChI=1S/C20H17F4N3O3S/c1-30-12-26-10-14-11-27(19(18(14)25-26)13-2-6-16(21)7-3-13)31(28,29)17-8-4-15(5-9-17)20(22,23)24/h2-10,19H,11-12H2,1H3. The SMILES string of the molecule is COCn1cc2c(n1)C(c1ccc(F)cc1)N(S(=O)(=O)c1ccc(C(F)(F)F)cc1)C2. The first-order chi connectivity index (χ1) is 14.6. The minimum Gasteiger partial charge on any atom is -0.362 e. The lowest BCUT2D eigenvalue weighted by atomic mass is 10.0. The highest BCUT2D eigenvalue weighted by atomic mass is 32.2. The summed E-state index contributed by atoms with van der Waals surface area (Å²) in [6.45, 7) is 0.124. The van der Waals surface area contributed by atoms with E-state index in [2.05, 4.69) is 5.10 Å². The van der Waals surface area contributed by atoms with Crippen molar-refractivity contribution in [2.45, 2.75) is 30.4 Å². The van der Waals surface area contributed by atoms with Crippen LogP contribution in [0, 0.1) is 5.82 Å². The zero-order valence-corrected chi connectivity index (χ0v) is 17.0. The van der Waals surface area contributed by atoms with Crippen molar-refractivity contribution in [3.8, 4) is 0 Å². The molecule has 4 rings (SSSR count). The van der Waals surface area contributed by atoms with Gasteiger partial charge < -0.3 is 4.74 Å². The number of aromatic nitrogens is 2. The van der Waals surface area contributed by atoms with Gasteiger partial charge in [0, 0.05) is 25.4 Å². The first-order valence-corrected chi connectivity index (χ1v) is 10.5. The first kappa shape index (κ1) is 21.5. The maximum atomic E-state index is 13.4. The van der Waals surface area contributed by atoms with Crippen LogP contribution in [0.5, 0.6) is 0 Å². The van der Waals surface area contributed by atoms with Crippen molar-refractivity contribution >= 4 is 10.0 Å². The molecule has 11 heteroatoms. The van der Waals surface area contributed by atoms with E-state index in [1.54, 1.807) is 6.20 Å². The second-order valence-electron chi connectivity index (χ2n) is 7.02. The molecule has 0 saturated heterocycles. The van der Waals surface area contributed by atoms with Gasteiger partial charge in [0.2, 0.25) is 10.0 Å². The van der Waals surface area contributed by atoms with E-state index in [1.165, 1.54) is 36.1 Å². The van der Waals surface area contributed by atoms with Crippen LogP contribution in [0.3, 0.4) is 0 Å². The van der Waals surface area contributed by atoms with Crippen LogP contribution in [0.4, 0.5) is 17.6 Å². The lowest BCUT2D eigenvalue weighted by molar-refractivity contribution is -0.137. The Morgan fingerprint density at radius 3 is 2.32 bits per heavy atom. The van der Waals surface area contributed by atoms with Gasteiger partial charge in [0.05, 0.1) is 22.2 Å². The van der Waals surface area contributed by atoms with Crippen molar-refractivity contribution in [3.63, 3.8) is 0 Å². The van der Waals surface area contributed by atoms with Crippen LogP contribution in [-0.4, -0.2) is 29.6 Å². The fourth-order valence-electron chi connectivity index (χ4n) is 3.57. The number of benzene rings is 2. The van der Waals surface area contributed by atoms with Crippen LogP contribution in [0.25, 0.3) is 0 Å². The fraction of sp³-hybridized carbons (Fsp3) is 0.250. The van der Waals surface area contributed by atoms with Crippen molar-refractivity contribution in [2.24, 2.45) is 0 Å². The van der Waals surface area contributed by atoms with Gasteiger partial charge in [0.25, 0.3) is 0 Å². The minimum atomic E-state index is -4.58. The molecular weight excluding hydrogens is 438 g/mol. The lowest BCUT2D eigenvalue weighted by Gasteiger charge is -2.25. The van der Waals surface area contributed by atoms with E-state index >= 15 is 0 Å². The van der Waals surface area contributed by atoms with Crippen LogP contribution >= 0.6 is 0 Å². The molecule has 3 aromatic rings. The molecule has 164 valence electrons. The number of sulfonamides is 1. The third-order valence-corrected chi connectivity index (χ3v) is 6.80. The molecule has 31 heavy (non-hydrogen) atoms. The highest BCUT2D eigenvalue weighted by molar-refractivity contribution is 7.89. The largest absolute Gasteiger partial charge is 0.416 e. The number of methoxy groups -OCH3 is 1. The van der Waals surface area contributed by atoms with Gasteiger partial charge in [-0.3, -0.25) is 0 Å². The van der Waals surface area contributed by atoms with Gasteiger partial charge in [-0.05, 0) is 42.0 Å². The molecule has 0 spiro atoms. The number of halogens is 4. The molecule has 1 aromatic heterocycles. The Balaban J connectivity index is 1.76. The average molecular weight is 455 g/mol. The molecule has 2 heterocycles. The van der Waals surface area contributed by atoms with E-state index in [0.717, 1.165) is 28.6 Å². The van der Waals surface area contributed by atoms with Gasteiger partial charge in [-0.25, -0.2) is 17.5 Å². The second kappa shape index (κ2) is 7.74. The Labute approximate surface area is 175 Å². The Kier molecular flexibility index (Phi) is 5.36. The van der Waals surface area contributed by atoms with Crippen molar-refractivity contribution in [3.05, 3.63) is 82.9 Å². The molecule has 1 aliphatic heterocycles. The zero-order valence-electron chi connectivity index (χ0n) is 16.2. The molecule has 6 nitrogen and oxygen atoms in total. The van der Waals surface area contributed by atoms with E-state index in [-0.39, 0.29) is 18.2 Å². The van der Waals surface area contributed by atoms with E-state index in [9.17, 15) is 26.0 Å². The third-order valence-electron chi connectivity index (χ3n) is 4.98.